The van der Waals surface area contributed by atoms with Crippen LogP contribution in [0.15, 0.2) is 29.2 Å². The summed E-state index contributed by atoms with van der Waals surface area (Å²) in [6.07, 6.45) is 0. The van der Waals surface area contributed by atoms with Crippen LogP contribution in [-0.2, 0) is 14.4 Å². The Morgan fingerprint density at radius 1 is 1.12 bits per heavy atom. The summed E-state index contributed by atoms with van der Waals surface area (Å²) in [6.45, 7) is 0. The van der Waals surface area contributed by atoms with E-state index in [9.17, 15) is 28.6 Å². The molecule has 0 unspecified atom stereocenters. The van der Waals surface area contributed by atoms with E-state index in [1.165, 1.54) is 12.1 Å². The van der Waals surface area contributed by atoms with Crippen LogP contribution in [0.1, 0.15) is 0 Å². The molecule has 0 aliphatic heterocycles. The number of para-hydroxylation sites is 1. The van der Waals surface area contributed by atoms with E-state index in [-0.39, 0.29) is 0 Å². The quantitative estimate of drug-likeness (QED) is 0.559. The smallest absolute Gasteiger partial charge is 0.258 e. The van der Waals surface area contributed by atoms with Gasteiger partial charge in [0.2, 0.25) is 0 Å². The lowest BCUT2D eigenvalue weighted by Gasteiger charge is -2.01. The summed E-state index contributed by atoms with van der Waals surface area (Å²) in [4.78, 5) is 18.5. The molecule has 0 saturated carbocycles. The lowest BCUT2D eigenvalue weighted by molar-refractivity contribution is -0.711. The predicted octanol–water partition coefficient (Wildman–Crippen LogP) is 0.492. The minimum atomic E-state index is -4.78. The number of nitro benzene ring substituents is 1. The Balaban J connectivity index is 3.33. The van der Waals surface area contributed by atoms with Gasteiger partial charge in [-0.2, -0.15) is 12.7 Å². The average Bonchev–Trinajstić information content (AvgIpc) is 2.15. The van der Waals surface area contributed by atoms with Gasteiger partial charge in [-0.1, -0.05) is 12.1 Å². The van der Waals surface area contributed by atoms with Crippen molar-refractivity contribution in [2.75, 3.05) is 0 Å². The third-order valence-corrected chi connectivity index (χ3v) is 2.69. The summed E-state index contributed by atoms with van der Waals surface area (Å²) in [5.74, 6) is 0. The summed E-state index contributed by atoms with van der Waals surface area (Å²) in [7, 11) is -4.78. The van der Waals surface area contributed by atoms with Gasteiger partial charge in [-0.25, -0.2) is 0 Å². The van der Waals surface area contributed by atoms with Gasteiger partial charge < -0.3 is 0 Å². The second-order valence-electron chi connectivity index (χ2n) is 2.48. The maximum absolute atomic E-state index is 11.2. The first-order valence-corrected chi connectivity index (χ1v) is 5.08. The molecule has 1 aromatic carbocycles. The molecule has 86 valence electrons. The maximum atomic E-state index is 11.2. The van der Waals surface area contributed by atoms with Crippen LogP contribution in [0.5, 0.6) is 0 Å². The zero-order chi connectivity index (χ0) is 12.3. The lowest BCUT2D eigenvalue weighted by atomic mass is 10.3. The summed E-state index contributed by atoms with van der Waals surface area (Å²) in [6, 6.07) is 4.15. The summed E-state index contributed by atoms with van der Waals surface area (Å²) in [5, 5.41) is 18.8. The molecule has 10 heteroatoms. The van der Waals surface area contributed by atoms with Crippen molar-refractivity contribution in [1.29, 1.82) is 0 Å². The monoisotopic (exact) mass is 248 g/mol. The largest absolute Gasteiger partial charge is 0.341 e. The van der Waals surface area contributed by atoms with Crippen LogP contribution in [-0.4, -0.2) is 18.4 Å². The summed E-state index contributed by atoms with van der Waals surface area (Å²) < 4.78 is 25.8. The van der Waals surface area contributed by atoms with Gasteiger partial charge in [0, 0.05) is 6.07 Å². The van der Waals surface area contributed by atoms with Gasteiger partial charge in [0.15, 0.2) is 4.90 Å². The van der Waals surface area contributed by atoms with Gasteiger partial charge in [-0.05, 0) is 6.07 Å². The molecule has 1 rings (SSSR count). The third-order valence-electron chi connectivity index (χ3n) is 1.49. The Labute approximate surface area is 88.6 Å². The molecule has 0 radical (unpaired) electrons. The van der Waals surface area contributed by atoms with Crippen molar-refractivity contribution < 1.29 is 22.7 Å². The number of nitro groups is 1. The van der Waals surface area contributed by atoms with Crippen molar-refractivity contribution in [3.63, 3.8) is 0 Å². The summed E-state index contributed by atoms with van der Waals surface area (Å²) in [5.41, 5.74) is -0.788. The molecule has 0 heterocycles. The van der Waals surface area contributed by atoms with Crippen LogP contribution < -0.4 is 0 Å². The predicted molar refractivity (Wildman–Crippen MR) is 48.4 cm³/mol. The number of benzene rings is 1. The molecule has 9 nitrogen and oxygen atoms in total. The van der Waals surface area contributed by atoms with Crippen LogP contribution in [0, 0.1) is 20.2 Å². The fourth-order valence-corrected chi connectivity index (χ4v) is 1.82. The Morgan fingerprint density at radius 3 is 2.19 bits per heavy atom. The van der Waals surface area contributed by atoms with Gasteiger partial charge in [0.1, 0.15) is 0 Å². The molecule has 0 aliphatic carbocycles. The zero-order valence-corrected chi connectivity index (χ0v) is 8.29. The Kier molecular flexibility index (Phi) is 3.04. The van der Waals surface area contributed by atoms with Crippen molar-refractivity contribution in [3.8, 4) is 0 Å². The molecule has 0 bridgehead atoms. The van der Waals surface area contributed by atoms with Gasteiger partial charge in [-0.15, -0.1) is 10.1 Å². The van der Waals surface area contributed by atoms with Crippen LogP contribution in [0.3, 0.4) is 0 Å². The van der Waals surface area contributed by atoms with E-state index >= 15 is 0 Å². The molecule has 0 N–H and O–H groups in total. The van der Waals surface area contributed by atoms with Crippen LogP contribution in [0.2, 0.25) is 0 Å². The number of nitrogens with zero attached hydrogens (tertiary/aromatic N) is 2. The molecular weight excluding hydrogens is 244 g/mol. The molecule has 0 spiro atoms. The van der Waals surface area contributed by atoms with E-state index in [4.69, 9.17) is 0 Å². The highest BCUT2D eigenvalue weighted by Gasteiger charge is 2.28. The average molecular weight is 248 g/mol. The van der Waals surface area contributed by atoms with Crippen LogP contribution in [0.4, 0.5) is 5.69 Å². The first-order chi connectivity index (χ1) is 7.34. The highest BCUT2D eigenvalue weighted by molar-refractivity contribution is 7.86. The van der Waals surface area contributed by atoms with Crippen molar-refractivity contribution in [3.05, 3.63) is 44.5 Å². The van der Waals surface area contributed by atoms with E-state index in [2.05, 4.69) is 4.28 Å². The maximum Gasteiger partial charge on any atom is 0.341 e. The second-order valence-corrected chi connectivity index (χ2v) is 3.97. The van der Waals surface area contributed by atoms with E-state index in [0.717, 1.165) is 12.1 Å². The van der Waals surface area contributed by atoms with Gasteiger partial charge in [-0.3, -0.25) is 10.1 Å². The fraction of sp³-hybridized carbons (Fsp3) is 0. The van der Waals surface area contributed by atoms with Crippen LogP contribution in [0.25, 0.3) is 0 Å². The van der Waals surface area contributed by atoms with Gasteiger partial charge in [0.05, 0.1) is 4.92 Å². The molecule has 0 amide bonds. The first kappa shape index (κ1) is 11.8. The third kappa shape index (κ3) is 2.42. The van der Waals surface area contributed by atoms with E-state index < -0.39 is 30.7 Å². The van der Waals surface area contributed by atoms with Crippen molar-refractivity contribution >= 4 is 15.8 Å². The normalized spacial score (nSPS) is 10.8. The second kappa shape index (κ2) is 4.10. The first-order valence-electron chi connectivity index (χ1n) is 3.67. The Bertz CT molecular complexity index is 538. The SMILES string of the molecule is O=[N+]([O-])OS(=O)(=O)c1ccccc1[N+](=O)[O-]. The molecule has 0 atom stereocenters. The number of hydrogen-bond acceptors (Lipinski definition) is 7. The molecule has 0 saturated heterocycles. The van der Waals surface area contributed by atoms with Crippen molar-refractivity contribution in [2.24, 2.45) is 0 Å². The molecule has 16 heavy (non-hydrogen) atoms. The van der Waals surface area contributed by atoms with Gasteiger partial charge >= 0.3 is 15.2 Å². The highest BCUT2D eigenvalue weighted by Crippen LogP contribution is 2.24. The zero-order valence-electron chi connectivity index (χ0n) is 7.47. The van der Waals surface area contributed by atoms with Gasteiger partial charge in [0.25, 0.3) is 5.69 Å². The number of rotatable bonds is 4. The Morgan fingerprint density at radius 2 is 1.69 bits per heavy atom. The van der Waals surface area contributed by atoms with Crippen LogP contribution >= 0.6 is 0 Å². The standard InChI is InChI=1S/C6H4N2O7S/c9-7(10)5-3-1-2-4-6(5)16(13,14)15-8(11)12/h1-4H. The lowest BCUT2D eigenvalue weighted by Crippen LogP contribution is -2.13. The van der Waals surface area contributed by atoms with E-state index in [1.54, 1.807) is 0 Å². The van der Waals surface area contributed by atoms with Crippen molar-refractivity contribution in [1.82, 2.24) is 0 Å². The fourth-order valence-electron chi connectivity index (χ4n) is 0.940. The van der Waals surface area contributed by atoms with E-state index in [1.807, 2.05) is 0 Å². The van der Waals surface area contributed by atoms with E-state index in [0.29, 0.717) is 0 Å². The highest BCUT2D eigenvalue weighted by atomic mass is 32.2. The number of hydrogen-bond donors (Lipinski definition) is 0. The minimum absolute atomic E-state index is 0.788. The molecular formula is C6H4N2O7S. The summed E-state index contributed by atoms with van der Waals surface area (Å²) >= 11 is 0. The molecule has 0 aliphatic rings. The molecule has 1 aromatic rings. The topological polar surface area (TPSA) is 130 Å². The Hall–Kier alpha value is -2.23. The minimum Gasteiger partial charge on any atom is -0.258 e. The molecule has 0 fully saturated rings. The molecule has 0 aromatic heterocycles. The van der Waals surface area contributed by atoms with Crippen molar-refractivity contribution in [2.45, 2.75) is 4.90 Å².